The van der Waals surface area contributed by atoms with E-state index in [-0.39, 0.29) is 4.90 Å². The first-order chi connectivity index (χ1) is 13.1. The molecular formula is C19H22F3N3O2S. The molecule has 0 saturated heterocycles. The Morgan fingerprint density at radius 3 is 1.89 bits per heavy atom. The average Bonchev–Trinajstić information content (AvgIpc) is 3.12. The monoisotopic (exact) mass is 413 g/mol. The molecule has 0 atom stereocenters. The number of benzene rings is 2. The summed E-state index contributed by atoms with van der Waals surface area (Å²) in [5, 5.41) is 9.39. The zero-order valence-electron chi connectivity index (χ0n) is 15.7. The topological polar surface area (TPSA) is 78.0 Å². The number of alkyl halides is 3. The molecular weight excluding hydrogens is 391 g/mol. The van der Waals surface area contributed by atoms with Gasteiger partial charge in [0.1, 0.15) is 0 Å². The summed E-state index contributed by atoms with van der Waals surface area (Å²) >= 11 is 0. The minimum Gasteiger partial charge on any atom is -0.255 e. The predicted octanol–water partition coefficient (Wildman–Crippen LogP) is 4.43. The summed E-state index contributed by atoms with van der Waals surface area (Å²) in [7, 11) is -3.18. The van der Waals surface area contributed by atoms with Crippen molar-refractivity contribution >= 4 is 10.0 Å². The van der Waals surface area contributed by atoms with E-state index in [4.69, 9.17) is 5.14 Å². The normalized spacial score (nSPS) is 11.0. The second kappa shape index (κ2) is 10.0. The molecule has 152 valence electrons. The third-order valence-corrected chi connectivity index (χ3v) is 4.05. The Bertz CT molecular complexity index is 946. The molecule has 9 heteroatoms. The molecule has 1 aromatic heterocycles. The van der Waals surface area contributed by atoms with E-state index in [1.54, 1.807) is 23.0 Å². The first-order valence-electron chi connectivity index (χ1n) is 8.04. The minimum absolute atomic E-state index is 0.0830. The lowest BCUT2D eigenvalue weighted by Crippen LogP contribution is -2.12. The van der Waals surface area contributed by atoms with Gasteiger partial charge in [0.05, 0.1) is 29.7 Å². The van der Waals surface area contributed by atoms with Crippen molar-refractivity contribution in [2.45, 2.75) is 24.7 Å². The number of rotatable bonds is 3. The molecule has 3 rings (SSSR count). The molecule has 3 aromatic rings. The van der Waals surface area contributed by atoms with Crippen LogP contribution in [0.25, 0.3) is 16.9 Å². The van der Waals surface area contributed by atoms with Crippen LogP contribution in [-0.4, -0.2) is 31.3 Å². The lowest BCUT2D eigenvalue weighted by molar-refractivity contribution is 0.0437. The highest BCUT2D eigenvalue weighted by Crippen LogP contribution is 2.22. The summed E-state index contributed by atoms with van der Waals surface area (Å²) in [5.74, 6) is -2.50. The molecule has 0 fully saturated rings. The van der Waals surface area contributed by atoms with Crippen LogP contribution >= 0.6 is 0 Å². The zero-order chi connectivity index (χ0) is 21.4. The van der Waals surface area contributed by atoms with Gasteiger partial charge in [0.15, 0.2) is 0 Å². The van der Waals surface area contributed by atoms with Gasteiger partial charge in [0, 0.05) is 5.56 Å². The minimum atomic E-state index is -3.68. The molecule has 0 bridgehead atoms. The molecule has 0 aliphatic rings. The number of hydrogen-bond acceptors (Lipinski definition) is 3. The number of sulfonamides is 1. The largest absolute Gasteiger partial charge is 0.255 e. The summed E-state index contributed by atoms with van der Waals surface area (Å²) in [5.41, 5.74) is 2.73. The SMILES string of the molecule is CC(C)(F)F.CF.NS(=O)(=O)c1ccc(-n2nccc2-c2ccccc2)cc1. The van der Waals surface area contributed by atoms with Gasteiger partial charge in [0.2, 0.25) is 15.9 Å². The van der Waals surface area contributed by atoms with Crippen molar-refractivity contribution in [1.82, 2.24) is 9.78 Å². The van der Waals surface area contributed by atoms with Crippen LogP contribution in [0.2, 0.25) is 0 Å². The van der Waals surface area contributed by atoms with Crippen LogP contribution in [0.1, 0.15) is 13.8 Å². The molecule has 0 radical (unpaired) electrons. The van der Waals surface area contributed by atoms with Crippen molar-refractivity contribution in [3.05, 3.63) is 66.9 Å². The average molecular weight is 413 g/mol. The molecule has 0 aliphatic heterocycles. The predicted molar refractivity (Wildman–Crippen MR) is 104 cm³/mol. The van der Waals surface area contributed by atoms with Crippen LogP contribution in [0, 0.1) is 0 Å². The van der Waals surface area contributed by atoms with Crippen LogP contribution in [0.4, 0.5) is 13.2 Å². The fourth-order valence-corrected chi connectivity index (χ4v) is 2.63. The number of halogens is 3. The van der Waals surface area contributed by atoms with Crippen LogP contribution in [0.5, 0.6) is 0 Å². The van der Waals surface area contributed by atoms with Gasteiger partial charge in [0.25, 0.3) is 0 Å². The van der Waals surface area contributed by atoms with Gasteiger partial charge in [-0.25, -0.2) is 27.0 Å². The number of hydrogen-bond donors (Lipinski definition) is 1. The highest BCUT2D eigenvalue weighted by atomic mass is 32.2. The number of nitrogens with two attached hydrogens (primary N) is 1. The Labute approximate surface area is 162 Å². The molecule has 28 heavy (non-hydrogen) atoms. The zero-order valence-corrected chi connectivity index (χ0v) is 16.5. The Morgan fingerprint density at radius 1 is 0.929 bits per heavy atom. The van der Waals surface area contributed by atoms with Gasteiger partial charge in [-0.3, -0.25) is 4.39 Å². The summed E-state index contributed by atoms with van der Waals surface area (Å²) in [6, 6.07) is 18.1. The molecule has 5 nitrogen and oxygen atoms in total. The summed E-state index contributed by atoms with van der Waals surface area (Å²) < 4.78 is 55.8. The van der Waals surface area contributed by atoms with Gasteiger partial charge in [-0.2, -0.15) is 5.10 Å². The molecule has 2 N–H and O–H groups in total. The van der Waals surface area contributed by atoms with Gasteiger partial charge in [-0.15, -0.1) is 0 Å². The third kappa shape index (κ3) is 7.53. The molecule has 1 heterocycles. The summed E-state index contributed by atoms with van der Waals surface area (Å²) in [4.78, 5) is 0.0830. The highest BCUT2D eigenvalue weighted by Gasteiger charge is 2.10. The van der Waals surface area contributed by atoms with E-state index in [0.29, 0.717) is 7.18 Å². The molecule has 2 aromatic carbocycles. The van der Waals surface area contributed by atoms with E-state index < -0.39 is 15.9 Å². The molecule has 0 spiro atoms. The maximum atomic E-state index is 11.3. The molecule has 0 saturated carbocycles. The smallest absolute Gasteiger partial charge is 0.242 e. The Hall–Kier alpha value is -2.65. The summed E-state index contributed by atoms with van der Waals surface area (Å²) in [6.45, 7) is 1.71. The standard InChI is InChI=1S/C15H13N3O2S.C3H6F2.CH3F/c16-21(19,20)14-8-6-13(7-9-14)18-15(10-11-17-18)12-4-2-1-3-5-12;1-3(2,4)5;1-2/h1-11H,(H2,16,19,20);1-2H3;1H3. The van der Waals surface area contributed by atoms with Gasteiger partial charge < -0.3 is 0 Å². The van der Waals surface area contributed by atoms with Crippen molar-refractivity contribution in [2.75, 3.05) is 7.18 Å². The van der Waals surface area contributed by atoms with Gasteiger partial charge >= 0.3 is 0 Å². The third-order valence-electron chi connectivity index (χ3n) is 3.12. The van der Waals surface area contributed by atoms with E-state index in [1.807, 2.05) is 36.4 Å². The van der Waals surface area contributed by atoms with Gasteiger partial charge in [-0.05, 0) is 44.2 Å². The van der Waals surface area contributed by atoms with Crippen molar-refractivity contribution in [3.63, 3.8) is 0 Å². The van der Waals surface area contributed by atoms with E-state index in [9.17, 15) is 21.6 Å². The fourth-order valence-electron chi connectivity index (χ4n) is 2.11. The maximum absolute atomic E-state index is 11.3. The molecule has 0 amide bonds. The van der Waals surface area contributed by atoms with E-state index in [2.05, 4.69) is 5.10 Å². The second-order valence-corrected chi connectivity index (χ2v) is 7.42. The van der Waals surface area contributed by atoms with E-state index >= 15 is 0 Å². The van der Waals surface area contributed by atoms with E-state index in [0.717, 1.165) is 30.8 Å². The second-order valence-electron chi connectivity index (χ2n) is 5.86. The van der Waals surface area contributed by atoms with Crippen LogP contribution in [-0.2, 0) is 10.0 Å². The van der Waals surface area contributed by atoms with Gasteiger partial charge in [-0.1, -0.05) is 30.3 Å². The van der Waals surface area contributed by atoms with E-state index in [1.165, 1.54) is 12.1 Å². The first-order valence-corrected chi connectivity index (χ1v) is 9.58. The Balaban J connectivity index is 0.000000490. The summed E-state index contributed by atoms with van der Waals surface area (Å²) in [6.07, 6.45) is 1.70. The Kier molecular flexibility index (Phi) is 8.39. The highest BCUT2D eigenvalue weighted by molar-refractivity contribution is 7.89. The number of primary sulfonamides is 1. The van der Waals surface area contributed by atoms with Crippen LogP contribution in [0.3, 0.4) is 0 Å². The lowest BCUT2D eigenvalue weighted by atomic mass is 10.1. The lowest BCUT2D eigenvalue weighted by Gasteiger charge is -2.08. The first kappa shape index (κ1) is 23.4. The maximum Gasteiger partial charge on any atom is 0.242 e. The number of aromatic nitrogens is 2. The van der Waals surface area contributed by atoms with Crippen LogP contribution < -0.4 is 5.14 Å². The van der Waals surface area contributed by atoms with Crippen molar-refractivity contribution < 1.29 is 21.6 Å². The molecule has 0 aliphatic carbocycles. The van der Waals surface area contributed by atoms with Crippen molar-refractivity contribution in [2.24, 2.45) is 5.14 Å². The Morgan fingerprint density at radius 2 is 1.43 bits per heavy atom. The quantitative estimate of drug-likeness (QED) is 0.690. The number of nitrogens with zero attached hydrogens (tertiary/aromatic N) is 2. The van der Waals surface area contributed by atoms with Crippen molar-refractivity contribution in [3.8, 4) is 16.9 Å². The van der Waals surface area contributed by atoms with Crippen molar-refractivity contribution in [1.29, 1.82) is 0 Å². The van der Waals surface area contributed by atoms with Crippen LogP contribution in [0.15, 0.2) is 71.8 Å². The molecule has 0 unspecified atom stereocenters. The fraction of sp³-hybridized carbons (Fsp3) is 0.211.